The van der Waals surface area contributed by atoms with E-state index in [1.807, 2.05) is 66.0 Å². The van der Waals surface area contributed by atoms with E-state index in [4.69, 9.17) is 9.97 Å². The lowest BCUT2D eigenvalue weighted by Crippen LogP contribution is -2.07. The molecule has 1 unspecified atom stereocenters. The van der Waals surface area contributed by atoms with Gasteiger partial charge in [0.15, 0.2) is 10.7 Å². The van der Waals surface area contributed by atoms with Crippen LogP contribution in [0.1, 0.15) is 19.8 Å². The van der Waals surface area contributed by atoms with Crippen LogP contribution in [0.15, 0.2) is 70.9 Å². The summed E-state index contributed by atoms with van der Waals surface area (Å²) in [5.41, 5.74) is 2.87. The Morgan fingerprint density at radius 2 is 1.59 bits per heavy atom. The van der Waals surface area contributed by atoms with Crippen molar-refractivity contribution in [1.82, 2.24) is 9.97 Å². The minimum atomic E-state index is -1.03. The molecule has 0 saturated heterocycles. The van der Waals surface area contributed by atoms with Crippen molar-refractivity contribution in [3.63, 3.8) is 0 Å². The molecule has 2 heterocycles. The molecule has 0 spiro atoms. The van der Waals surface area contributed by atoms with Gasteiger partial charge in [-0.2, -0.15) is 0 Å². The molecule has 1 atom stereocenters. The van der Waals surface area contributed by atoms with Crippen LogP contribution in [0.4, 0.5) is 0 Å². The fraction of sp³-hybridized carbons (Fsp3) is 0.182. The first-order chi connectivity index (χ1) is 13.3. The van der Waals surface area contributed by atoms with Crippen LogP contribution in [0.25, 0.3) is 32.9 Å². The van der Waals surface area contributed by atoms with Crippen molar-refractivity contribution < 1.29 is 4.55 Å². The van der Waals surface area contributed by atoms with Crippen LogP contribution in [-0.4, -0.2) is 20.3 Å². The topological polar surface area (TPSA) is 48.8 Å². The van der Waals surface area contributed by atoms with Gasteiger partial charge in [-0.05, 0) is 17.6 Å². The normalized spacial score (nSPS) is 12.4. The molecular weight excluding hydrogens is 372 g/mol. The summed E-state index contributed by atoms with van der Waals surface area (Å²) in [5.74, 6) is 1.38. The van der Waals surface area contributed by atoms with Gasteiger partial charge in [-0.3, -0.25) is 0 Å². The number of nitrogens with zero attached hydrogens (tertiary/aromatic N) is 2. The summed E-state index contributed by atoms with van der Waals surface area (Å²) >= 11 is 0.518. The molecule has 3 nitrogen and oxygen atoms in total. The van der Waals surface area contributed by atoms with Crippen molar-refractivity contribution in [2.24, 2.45) is 0 Å². The molecule has 5 heteroatoms. The van der Waals surface area contributed by atoms with Crippen molar-refractivity contribution in [1.29, 1.82) is 0 Å². The van der Waals surface area contributed by atoms with Gasteiger partial charge in [0.05, 0.1) is 11.1 Å². The number of unbranched alkanes of at least 4 members (excludes halogenated alkanes) is 1. The Kier molecular flexibility index (Phi) is 5.53. The maximum atomic E-state index is 12.9. The monoisotopic (exact) mass is 392 g/mol. The Morgan fingerprint density at radius 1 is 0.926 bits per heavy atom. The van der Waals surface area contributed by atoms with E-state index in [2.05, 4.69) is 6.92 Å². The molecule has 4 aromatic rings. The van der Waals surface area contributed by atoms with Crippen LogP contribution in [0.5, 0.6) is 0 Å². The third-order valence-electron chi connectivity index (χ3n) is 4.41. The molecule has 0 aliphatic rings. The molecule has 0 radical (unpaired) electrons. The van der Waals surface area contributed by atoms with Gasteiger partial charge < -0.3 is 4.55 Å². The molecule has 2 aromatic carbocycles. The molecule has 27 heavy (non-hydrogen) atoms. The van der Waals surface area contributed by atoms with Crippen LogP contribution in [0.3, 0.4) is 0 Å². The van der Waals surface area contributed by atoms with Crippen molar-refractivity contribution in [3.05, 3.63) is 66.0 Å². The largest absolute Gasteiger partial charge is 0.611 e. The van der Waals surface area contributed by atoms with Crippen LogP contribution in [0, 0.1) is 0 Å². The lowest BCUT2D eigenvalue weighted by molar-refractivity contribution is 0.593. The Morgan fingerprint density at radius 3 is 2.26 bits per heavy atom. The van der Waals surface area contributed by atoms with E-state index in [-0.39, 0.29) is 0 Å². The Hall–Kier alpha value is -2.21. The maximum absolute atomic E-state index is 12.9. The first-order valence-electron chi connectivity index (χ1n) is 9.06. The molecule has 136 valence electrons. The van der Waals surface area contributed by atoms with Crippen molar-refractivity contribution >= 4 is 32.7 Å². The van der Waals surface area contributed by atoms with Gasteiger partial charge in [0.25, 0.3) is 0 Å². The van der Waals surface area contributed by atoms with Crippen molar-refractivity contribution in [2.45, 2.75) is 24.7 Å². The first-order valence-corrected chi connectivity index (χ1v) is 11.3. The summed E-state index contributed by atoms with van der Waals surface area (Å²) in [6.45, 7) is 2.12. The van der Waals surface area contributed by atoms with Gasteiger partial charge in [-0.1, -0.05) is 74.0 Å². The van der Waals surface area contributed by atoms with Crippen LogP contribution >= 0.6 is 11.3 Å². The van der Waals surface area contributed by atoms with Crippen LogP contribution in [-0.2, 0) is 11.2 Å². The van der Waals surface area contributed by atoms with Crippen molar-refractivity contribution in [2.75, 3.05) is 5.75 Å². The number of thiophene rings is 1. The van der Waals surface area contributed by atoms with E-state index in [9.17, 15) is 4.55 Å². The summed E-state index contributed by atoms with van der Waals surface area (Å²) in [6.07, 6.45) is 1.99. The highest BCUT2D eigenvalue weighted by Crippen LogP contribution is 2.37. The lowest BCUT2D eigenvalue weighted by Gasteiger charge is -2.11. The summed E-state index contributed by atoms with van der Waals surface area (Å²) in [6, 6.07) is 20.1. The van der Waals surface area contributed by atoms with Gasteiger partial charge in [-0.25, -0.2) is 9.97 Å². The van der Waals surface area contributed by atoms with E-state index in [0.717, 1.165) is 44.8 Å². The second kappa shape index (κ2) is 8.21. The zero-order chi connectivity index (χ0) is 18.6. The number of fused-ring (bicyclic) bond motifs is 1. The van der Waals surface area contributed by atoms with E-state index in [1.54, 1.807) is 11.3 Å². The molecule has 0 N–H and O–H groups in total. The van der Waals surface area contributed by atoms with Crippen molar-refractivity contribution in [3.8, 4) is 22.6 Å². The second-order valence-electron chi connectivity index (χ2n) is 6.31. The number of benzene rings is 2. The second-order valence-corrected chi connectivity index (χ2v) is 8.71. The Balaban J connectivity index is 1.92. The fourth-order valence-electron chi connectivity index (χ4n) is 2.99. The summed E-state index contributed by atoms with van der Waals surface area (Å²) < 4.78 is 12.9. The van der Waals surface area contributed by atoms with Crippen LogP contribution < -0.4 is 0 Å². The van der Waals surface area contributed by atoms with Gasteiger partial charge >= 0.3 is 0 Å². The van der Waals surface area contributed by atoms with E-state index >= 15 is 0 Å². The first kappa shape index (κ1) is 18.2. The predicted octanol–water partition coefficient (Wildman–Crippen LogP) is 5.93. The van der Waals surface area contributed by atoms with Gasteiger partial charge in [-0.15, -0.1) is 11.3 Å². The molecule has 0 aliphatic carbocycles. The highest BCUT2D eigenvalue weighted by atomic mass is 32.2. The van der Waals surface area contributed by atoms with Crippen LogP contribution in [0.2, 0.25) is 0 Å². The SMILES string of the molecule is CCCC[S+]([O-])c1csc2nc(-c3ccccc3)nc(-c3ccccc3)c12. The Bertz CT molecular complexity index is 1030. The zero-order valence-electron chi connectivity index (χ0n) is 15.1. The fourth-order valence-corrected chi connectivity index (χ4v) is 5.62. The number of rotatable bonds is 6. The average Bonchev–Trinajstić information content (AvgIpc) is 3.17. The summed E-state index contributed by atoms with van der Waals surface area (Å²) in [5, 5.41) is 2.92. The highest BCUT2D eigenvalue weighted by Gasteiger charge is 2.23. The molecule has 2 aromatic heterocycles. The predicted molar refractivity (Wildman–Crippen MR) is 114 cm³/mol. The Labute approximate surface area is 166 Å². The minimum Gasteiger partial charge on any atom is -0.611 e. The molecule has 0 bridgehead atoms. The quantitative estimate of drug-likeness (QED) is 0.382. The van der Waals surface area contributed by atoms with E-state index < -0.39 is 11.2 Å². The molecule has 4 rings (SSSR count). The summed E-state index contributed by atoms with van der Waals surface area (Å²) in [4.78, 5) is 11.4. The van der Waals surface area contributed by atoms with E-state index in [0.29, 0.717) is 11.6 Å². The molecule has 0 aliphatic heterocycles. The molecule has 0 amide bonds. The van der Waals surface area contributed by atoms with Gasteiger partial charge in [0.1, 0.15) is 10.6 Å². The molecule has 0 fully saturated rings. The number of hydrogen-bond acceptors (Lipinski definition) is 4. The number of aromatic nitrogens is 2. The smallest absolute Gasteiger partial charge is 0.175 e. The average molecular weight is 393 g/mol. The minimum absolute atomic E-state index is 0.678. The van der Waals surface area contributed by atoms with E-state index in [1.165, 1.54) is 0 Å². The van der Waals surface area contributed by atoms with Gasteiger partial charge in [0.2, 0.25) is 0 Å². The molecular formula is C22H20N2OS2. The molecule has 0 saturated carbocycles. The highest BCUT2D eigenvalue weighted by molar-refractivity contribution is 7.91. The third-order valence-corrected chi connectivity index (χ3v) is 6.90. The standard InChI is InChI=1S/C22H20N2OS2/c1-2-3-14-27(25)18-15-26-22-19(18)20(16-10-6-4-7-11-16)23-21(24-22)17-12-8-5-9-13-17/h4-13,15H,2-3,14H2,1H3. The lowest BCUT2D eigenvalue weighted by atomic mass is 10.1. The zero-order valence-corrected chi connectivity index (χ0v) is 16.7. The third kappa shape index (κ3) is 3.76. The summed E-state index contributed by atoms with van der Waals surface area (Å²) in [7, 11) is 0. The van der Waals surface area contributed by atoms with Gasteiger partial charge in [0, 0.05) is 16.5 Å². The number of hydrogen-bond donors (Lipinski definition) is 0. The maximum Gasteiger partial charge on any atom is 0.175 e.